The summed E-state index contributed by atoms with van der Waals surface area (Å²) in [5.41, 5.74) is 0. The van der Waals surface area contributed by atoms with E-state index in [1.807, 2.05) is 0 Å². The van der Waals surface area contributed by atoms with Crippen molar-refractivity contribution in [1.82, 2.24) is 4.90 Å². The van der Waals surface area contributed by atoms with E-state index in [2.05, 4.69) is 4.74 Å². The second kappa shape index (κ2) is 7.00. The van der Waals surface area contributed by atoms with Crippen LogP contribution < -0.4 is 0 Å². The lowest BCUT2D eigenvalue weighted by Crippen LogP contribution is -2.65. The van der Waals surface area contributed by atoms with Crippen LogP contribution in [0.3, 0.4) is 0 Å². The van der Waals surface area contributed by atoms with Gasteiger partial charge in [0.25, 0.3) is 5.91 Å². The second-order valence-electron chi connectivity index (χ2n) is 5.68. The fourth-order valence-electron chi connectivity index (χ4n) is 1.86. The maximum absolute atomic E-state index is 14.2. The molecule has 0 aromatic rings. The molecule has 0 saturated carbocycles. The van der Waals surface area contributed by atoms with Crippen LogP contribution in [-0.2, 0) is 9.53 Å². The molecule has 156 valence electrons. The monoisotopic (exact) mass is 413 g/mol. The SMILES string of the molecule is CC(C)N(C(=O)[C@@](F)(OC(F)(F)C(F)(F)C(F)(F)F)C(F)(F)F)C(C)C. The molecule has 0 bridgehead atoms. The average Bonchev–Trinajstić information content (AvgIpc) is 2.33. The summed E-state index contributed by atoms with van der Waals surface area (Å²) in [6.45, 7) is 4.10. The molecule has 0 aromatic carbocycles. The predicted octanol–water partition coefficient (Wildman–Crippen LogP) is 4.67. The van der Waals surface area contributed by atoms with Gasteiger partial charge in [0, 0.05) is 12.1 Å². The number of rotatable bonds is 6. The van der Waals surface area contributed by atoms with E-state index in [0.717, 1.165) is 27.7 Å². The van der Waals surface area contributed by atoms with Crippen molar-refractivity contribution in [3.63, 3.8) is 0 Å². The number of nitrogens with zero attached hydrogens (tertiary/aromatic N) is 1. The van der Waals surface area contributed by atoms with Crippen LogP contribution in [0, 0.1) is 0 Å². The number of alkyl halides is 11. The van der Waals surface area contributed by atoms with E-state index in [4.69, 9.17) is 0 Å². The van der Waals surface area contributed by atoms with Gasteiger partial charge in [-0.05, 0) is 27.7 Å². The van der Waals surface area contributed by atoms with Crippen LogP contribution in [0.4, 0.5) is 48.3 Å². The molecular formula is C12H14F11NO2. The molecule has 0 fully saturated rings. The van der Waals surface area contributed by atoms with Crippen LogP contribution >= 0.6 is 0 Å². The van der Waals surface area contributed by atoms with Gasteiger partial charge < -0.3 is 4.90 Å². The van der Waals surface area contributed by atoms with Crippen LogP contribution in [0.2, 0.25) is 0 Å². The Morgan fingerprint density at radius 2 is 1.08 bits per heavy atom. The summed E-state index contributed by atoms with van der Waals surface area (Å²) in [6.07, 6.45) is -20.8. The van der Waals surface area contributed by atoms with Gasteiger partial charge in [-0.15, -0.1) is 0 Å². The molecule has 0 rings (SSSR count). The van der Waals surface area contributed by atoms with Crippen LogP contribution in [0.25, 0.3) is 0 Å². The Morgan fingerprint density at radius 1 is 0.731 bits per heavy atom. The molecule has 0 saturated heterocycles. The van der Waals surface area contributed by atoms with E-state index in [0.29, 0.717) is 0 Å². The van der Waals surface area contributed by atoms with E-state index < -0.39 is 48.2 Å². The molecule has 0 aromatic heterocycles. The highest BCUT2D eigenvalue weighted by Gasteiger charge is 2.80. The quantitative estimate of drug-likeness (QED) is 0.593. The van der Waals surface area contributed by atoms with E-state index in [1.165, 1.54) is 0 Å². The standard InChI is InChI=1S/C12H14F11NO2/c1-5(2)24(6(3)4)7(25)8(13,10(16,17)18)26-12(22,23)9(14,15)11(19,20)21/h5-6H,1-4H3/t8-/m1/s1. The molecule has 0 aliphatic carbocycles. The summed E-state index contributed by atoms with van der Waals surface area (Å²) < 4.78 is 143. The molecule has 0 radical (unpaired) electrons. The fraction of sp³-hybridized carbons (Fsp3) is 0.917. The number of ether oxygens (including phenoxy) is 1. The van der Waals surface area contributed by atoms with Crippen molar-refractivity contribution in [2.24, 2.45) is 0 Å². The zero-order chi connectivity index (χ0) is 21.5. The van der Waals surface area contributed by atoms with Crippen molar-refractivity contribution in [3.05, 3.63) is 0 Å². The third-order valence-corrected chi connectivity index (χ3v) is 2.98. The van der Waals surface area contributed by atoms with Gasteiger partial charge in [-0.2, -0.15) is 48.3 Å². The fourth-order valence-corrected chi connectivity index (χ4v) is 1.86. The lowest BCUT2D eigenvalue weighted by atomic mass is 10.1. The van der Waals surface area contributed by atoms with Gasteiger partial charge in [0.2, 0.25) is 0 Å². The first-order valence-corrected chi connectivity index (χ1v) is 6.74. The minimum atomic E-state index is -7.20. The van der Waals surface area contributed by atoms with Crippen LogP contribution in [0.15, 0.2) is 0 Å². The third-order valence-electron chi connectivity index (χ3n) is 2.98. The Hall–Kier alpha value is -1.34. The zero-order valence-corrected chi connectivity index (χ0v) is 13.6. The Bertz CT molecular complexity index is 504. The summed E-state index contributed by atoms with van der Waals surface area (Å²) in [5.74, 6) is -16.3. The molecular weight excluding hydrogens is 399 g/mol. The number of carbonyl (C=O) groups excluding carboxylic acids is 1. The Kier molecular flexibility index (Phi) is 6.64. The minimum absolute atomic E-state index is 0.00923. The number of amides is 1. The molecule has 0 heterocycles. The van der Waals surface area contributed by atoms with Gasteiger partial charge in [-0.1, -0.05) is 0 Å². The van der Waals surface area contributed by atoms with Gasteiger partial charge in [0.1, 0.15) is 0 Å². The molecule has 1 atom stereocenters. The lowest BCUT2D eigenvalue weighted by Gasteiger charge is -2.39. The summed E-state index contributed by atoms with van der Waals surface area (Å²) in [4.78, 5) is 11.8. The lowest BCUT2D eigenvalue weighted by molar-refractivity contribution is -0.474. The van der Waals surface area contributed by atoms with E-state index in [9.17, 15) is 53.1 Å². The van der Waals surface area contributed by atoms with E-state index in [1.54, 1.807) is 0 Å². The number of halogens is 11. The zero-order valence-electron chi connectivity index (χ0n) is 13.6. The normalized spacial score (nSPS) is 16.8. The maximum Gasteiger partial charge on any atom is 0.462 e. The van der Waals surface area contributed by atoms with Gasteiger partial charge in [0.15, 0.2) is 0 Å². The van der Waals surface area contributed by atoms with Crippen molar-refractivity contribution in [1.29, 1.82) is 0 Å². The molecule has 26 heavy (non-hydrogen) atoms. The summed E-state index contributed by atoms with van der Waals surface area (Å²) in [5, 5.41) is 0. The van der Waals surface area contributed by atoms with E-state index >= 15 is 0 Å². The first kappa shape index (κ1) is 24.7. The largest absolute Gasteiger partial charge is 0.462 e. The van der Waals surface area contributed by atoms with Gasteiger partial charge in [-0.3, -0.25) is 9.53 Å². The second-order valence-corrected chi connectivity index (χ2v) is 5.68. The summed E-state index contributed by atoms with van der Waals surface area (Å²) in [7, 11) is 0. The van der Waals surface area contributed by atoms with Gasteiger partial charge in [-0.25, -0.2) is 0 Å². The van der Waals surface area contributed by atoms with Crippen molar-refractivity contribution >= 4 is 5.91 Å². The topological polar surface area (TPSA) is 29.5 Å². The number of hydrogen-bond donors (Lipinski definition) is 0. The molecule has 3 nitrogen and oxygen atoms in total. The summed E-state index contributed by atoms with van der Waals surface area (Å²) >= 11 is 0. The van der Waals surface area contributed by atoms with Crippen molar-refractivity contribution in [2.75, 3.05) is 0 Å². The van der Waals surface area contributed by atoms with Crippen LogP contribution in [0.1, 0.15) is 27.7 Å². The number of hydrogen-bond acceptors (Lipinski definition) is 2. The van der Waals surface area contributed by atoms with Crippen molar-refractivity contribution in [2.45, 2.75) is 70.0 Å². The minimum Gasteiger partial charge on any atom is -0.333 e. The molecule has 14 heteroatoms. The Morgan fingerprint density at radius 3 is 1.31 bits per heavy atom. The average molecular weight is 413 g/mol. The third kappa shape index (κ3) is 4.31. The maximum atomic E-state index is 14.2. The molecule has 0 aliphatic rings. The molecule has 0 spiro atoms. The smallest absolute Gasteiger partial charge is 0.333 e. The van der Waals surface area contributed by atoms with E-state index in [-0.39, 0.29) is 4.90 Å². The predicted molar refractivity (Wildman–Crippen MR) is 64.0 cm³/mol. The first-order valence-electron chi connectivity index (χ1n) is 6.74. The highest BCUT2D eigenvalue weighted by Crippen LogP contribution is 2.51. The first-order chi connectivity index (χ1) is 11.1. The highest BCUT2D eigenvalue weighted by molar-refractivity contribution is 5.85. The molecule has 0 aliphatic heterocycles. The van der Waals surface area contributed by atoms with Crippen LogP contribution in [0.5, 0.6) is 0 Å². The van der Waals surface area contributed by atoms with Gasteiger partial charge >= 0.3 is 30.2 Å². The number of carbonyl (C=O) groups is 1. The molecule has 1 amide bonds. The Balaban J connectivity index is 6.27. The van der Waals surface area contributed by atoms with Crippen LogP contribution in [-0.4, -0.2) is 53.1 Å². The van der Waals surface area contributed by atoms with Crippen molar-refractivity contribution < 1.29 is 57.8 Å². The Labute approximate surface area is 140 Å². The van der Waals surface area contributed by atoms with Crippen molar-refractivity contribution in [3.8, 4) is 0 Å². The highest BCUT2D eigenvalue weighted by atomic mass is 19.4. The molecule has 0 unspecified atom stereocenters. The summed E-state index contributed by atoms with van der Waals surface area (Å²) in [6, 6.07) is -2.53. The molecule has 0 N–H and O–H groups in total. The van der Waals surface area contributed by atoms with Gasteiger partial charge in [0.05, 0.1) is 0 Å².